The summed E-state index contributed by atoms with van der Waals surface area (Å²) < 4.78 is 31.2. The average Bonchev–Trinajstić information content (AvgIpc) is 2.53. The van der Waals surface area contributed by atoms with Crippen molar-refractivity contribution in [2.24, 2.45) is 0 Å². The van der Waals surface area contributed by atoms with Crippen molar-refractivity contribution in [1.82, 2.24) is 5.32 Å². The molecular formula is C16H11Cl2F2NO3. The summed E-state index contributed by atoms with van der Waals surface area (Å²) in [4.78, 5) is 23.3. The fraction of sp³-hybridized carbons (Fsp3) is 0.125. The van der Waals surface area contributed by atoms with Gasteiger partial charge in [0, 0.05) is 6.07 Å². The van der Waals surface area contributed by atoms with E-state index in [9.17, 15) is 18.4 Å². The minimum absolute atomic E-state index is 0.0590. The smallest absolute Gasteiger partial charge is 0.325 e. The van der Waals surface area contributed by atoms with Gasteiger partial charge in [-0.2, -0.15) is 0 Å². The molecule has 126 valence electrons. The summed E-state index contributed by atoms with van der Waals surface area (Å²) in [5.74, 6) is -3.39. The Labute approximate surface area is 146 Å². The van der Waals surface area contributed by atoms with Crippen LogP contribution in [-0.4, -0.2) is 18.4 Å². The van der Waals surface area contributed by atoms with Crippen LogP contribution in [0.3, 0.4) is 0 Å². The van der Waals surface area contributed by atoms with Gasteiger partial charge in [-0.1, -0.05) is 29.3 Å². The van der Waals surface area contributed by atoms with Gasteiger partial charge in [0.25, 0.3) is 5.91 Å². The lowest BCUT2D eigenvalue weighted by molar-refractivity contribution is -0.143. The molecular weight excluding hydrogens is 363 g/mol. The van der Waals surface area contributed by atoms with E-state index in [1.807, 2.05) is 0 Å². The van der Waals surface area contributed by atoms with Gasteiger partial charge in [0.1, 0.15) is 24.8 Å². The van der Waals surface area contributed by atoms with E-state index in [1.54, 1.807) is 18.2 Å². The molecule has 0 aliphatic carbocycles. The van der Waals surface area contributed by atoms with E-state index in [0.29, 0.717) is 21.7 Å². The molecule has 0 heterocycles. The Morgan fingerprint density at radius 2 is 1.79 bits per heavy atom. The Kier molecular flexibility index (Phi) is 6.11. The number of amides is 1. The molecule has 2 aromatic rings. The third kappa shape index (κ3) is 4.91. The SMILES string of the molecule is O=C(CNC(=O)c1ccc(F)cc1F)OCc1ccc(Cl)c(Cl)c1. The summed E-state index contributed by atoms with van der Waals surface area (Å²) in [5, 5.41) is 2.89. The lowest BCUT2D eigenvalue weighted by atomic mass is 10.2. The number of hydrogen-bond donors (Lipinski definition) is 1. The first-order valence-corrected chi connectivity index (χ1v) is 7.45. The van der Waals surface area contributed by atoms with Crippen LogP contribution in [0.25, 0.3) is 0 Å². The third-order valence-electron chi connectivity index (χ3n) is 2.95. The van der Waals surface area contributed by atoms with Crippen LogP contribution in [0, 0.1) is 11.6 Å². The van der Waals surface area contributed by atoms with E-state index in [1.165, 1.54) is 0 Å². The van der Waals surface area contributed by atoms with Crippen LogP contribution in [0.2, 0.25) is 10.0 Å². The molecule has 0 aliphatic rings. The standard InChI is InChI=1S/C16H11Cl2F2NO3/c17-12-4-1-9(5-13(12)18)8-24-15(22)7-21-16(23)11-3-2-10(19)6-14(11)20/h1-6H,7-8H2,(H,21,23). The van der Waals surface area contributed by atoms with E-state index in [4.69, 9.17) is 27.9 Å². The fourth-order valence-corrected chi connectivity index (χ4v) is 2.09. The number of benzene rings is 2. The number of rotatable bonds is 5. The fourth-order valence-electron chi connectivity index (χ4n) is 1.77. The number of esters is 1. The Morgan fingerprint density at radius 3 is 2.46 bits per heavy atom. The minimum Gasteiger partial charge on any atom is -0.460 e. The van der Waals surface area contributed by atoms with Crippen molar-refractivity contribution in [2.75, 3.05) is 6.54 Å². The maximum atomic E-state index is 13.4. The van der Waals surface area contributed by atoms with Gasteiger partial charge in [-0.25, -0.2) is 8.78 Å². The molecule has 1 N–H and O–H groups in total. The lowest BCUT2D eigenvalue weighted by Gasteiger charge is -2.08. The molecule has 0 saturated carbocycles. The monoisotopic (exact) mass is 373 g/mol. The topological polar surface area (TPSA) is 55.4 Å². The summed E-state index contributed by atoms with van der Waals surface area (Å²) in [5.41, 5.74) is 0.252. The summed E-state index contributed by atoms with van der Waals surface area (Å²) in [6, 6.07) is 7.25. The van der Waals surface area contributed by atoms with Crippen molar-refractivity contribution in [3.05, 3.63) is 69.2 Å². The van der Waals surface area contributed by atoms with Crippen LogP contribution in [0.5, 0.6) is 0 Å². The highest BCUT2D eigenvalue weighted by Gasteiger charge is 2.14. The lowest BCUT2D eigenvalue weighted by Crippen LogP contribution is -2.31. The van der Waals surface area contributed by atoms with Crippen molar-refractivity contribution < 1.29 is 23.1 Å². The van der Waals surface area contributed by atoms with Crippen molar-refractivity contribution in [1.29, 1.82) is 0 Å². The molecule has 0 fully saturated rings. The van der Waals surface area contributed by atoms with E-state index in [2.05, 4.69) is 5.32 Å². The van der Waals surface area contributed by atoms with E-state index in [-0.39, 0.29) is 12.2 Å². The second kappa shape index (κ2) is 8.08. The zero-order valence-corrected chi connectivity index (χ0v) is 13.6. The van der Waals surface area contributed by atoms with Gasteiger partial charge in [-0.3, -0.25) is 9.59 Å². The first-order valence-electron chi connectivity index (χ1n) is 6.69. The van der Waals surface area contributed by atoms with E-state index < -0.39 is 30.1 Å². The van der Waals surface area contributed by atoms with Crippen molar-refractivity contribution in [3.63, 3.8) is 0 Å². The highest BCUT2D eigenvalue weighted by Crippen LogP contribution is 2.22. The van der Waals surface area contributed by atoms with Gasteiger partial charge >= 0.3 is 5.97 Å². The second-order valence-corrected chi connectivity index (χ2v) is 5.53. The molecule has 0 radical (unpaired) electrons. The molecule has 2 rings (SSSR count). The molecule has 0 atom stereocenters. The van der Waals surface area contributed by atoms with Crippen LogP contribution in [0.1, 0.15) is 15.9 Å². The quantitative estimate of drug-likeness (QED) is 0.812. The van der Waals surface area contributed by atoms with Crippen molar-refractivity contribution in [3.8, 4) is 0 Å². The molecule has 0 aromatic heterocycles. The van der Waals surface area contributed by atoms with Crippen molar-refractivity contribution in [2.45, 2.75) is 6.61 Å². The average molecular weight is 374 g/mol. The zero-order chi connectivity index (χ0) is 17.7. The number of carbonyl (C=O) groups is 2. The van der Waals surface area contributed by atoms with Gasteiger partial charge in [-0.15, -0.1) is 0 Å². The maximum absolute atomic E-state index is 13.4. The Balaban J connectivity index is 1.84. The molecule has 0 aliphatic heterocycles. The van der Waals surface area contributed by atoms with Crippen LogP contribution in [0.4, 0.5) is 8.78 Å². The first kappa shape index (κ1) is 18.2. The van der Waals surface area contributed by atoms with Gasteiger partial charge in [0.2, 0.25) is 0 Å². The van der Waals surface area contributed by atoms with E-state index in [0.717, 1.165) is 12.1 Å². The summed E-state index contributed by atoms with van der Waals surface area (Å²) in [6.45, 7) is -0.520. The highest BCUT2D eigenvalue weighted by atomic mass is 35.5. The van der Waals surface area contributed by atoms with E-state index >= 15 is 0 Å². The number of carbonyl (C=O) groups excluding carboxylic acids is 2. The zero-order valence-electron chi connectivity index (χ0n) is 12.1. The molecule has 1 amide bonds. The van der Waals surface area contributed by atoms with Crippen LogP contribution >= 0.6 is 23.2 Å². The molecule has 8 heteroatoms. The van der Waals surface area contributed by atoms with Gasteiger partial charge in [0.05, 0.1) is 15.6 Å². The number of ether oxygens (including phenoxy) is 1. The molecule has 0 spiro atoms. The van der Waals surface area contributed by atoms with Gasteiger partial charge in [0.15, 0.2) is 0 Å². The summed E-state index contributed by atoms with van der Waals surface area (Å²) in [6.07, 6.45) is 0. The Bertz CT molecular complexity index is 784. The second-order valence-electron chi connectivity index (χ2n) is 4.72. The van der Waals surface area contributed by atoms with Crippen LogP contribution in [-0.2, 0) is 16.1 Å². The highest BCUT2D eigenvalue weighted by molar-refractivity contribution is 6.42. The summed E-state index contributed by atoms with van der Waals surface area (Å²) in [7, 11) is 0. The normalized spacial score (nSPS) is 10.3. The Morgan fingerprint density at radius 1 is 1.04 bits per heavy atom. The predicted molar refractivity (Wildman–Crippen MR) is 84.9 cm³/mol. The molecule has 24 heavy (non-hydrogen) atoms. The van der Waals surface area contributed by atoms with Gasteiger partial charge in [-0.05, 0) is 29.8 Å². The molecule has 0 bridgehead atoms. The largest absolute Gasteiger partial charge is 0.460 e. The predicted octanol–water partition coefficient (Wildman–Crippen LogP) is 3.74. The summed E-state index contributed by atoms with van der Waals surface area (Å²) >= 11 is 11.6. The number of halogens is 4. The van der Waals surface area contributed by atoms with Gasteiger partial charge < -0.3 is 10.1 Å². The van der Waals surface area contributed by atoms with Crippen molar-refractivity contribution >= 4 is 35.1 Å². The minimum atomic E-state index is -1.02. The van der Waals surface area contributed by atoms with Crippen LogP contribution < -0.4 is 5.32 Å². The Hall–Kier alpha value is -2.18. The molecule has 0 unspecified atom stereocenters. The maximum Gasteiger partial charge on any atom is 0.325 e. The number of nitrogens with one attached hydrogen (secondary N) is 1. The molecule has 4 nitrogen and oxygen atoms in total. The number of hydrogen-bond acceptors (Lipinski definition) is 3. The molecule has 0 saturated heterocycles. The first-order chi connectivity index (χ1) is 11.4. The third-order valence-corrected chi connectivity index (χ3v) is 3.69. The molecule has 2 aromatic carbocycles. The van der Waals surface area contributed by atoms with Crippen LogP contribution in [0.15, 0.2) is 36.4 Å².